The fourth-order valence-corrected chi connectivity index (χ4v) is 4.01. The van der Waals surface area contributed by atoms with E-state index in [0.29, 0.717) is 31.0 Å². The molecule has 138 valence electrons. The molecule has 4 heterocycles. The number of carbonyl (C=O) groups is 2. The summed E-state index contributed by atoms with van der Waals surface area (Å²) in [5.74, 6) is -0.571. The Kier molecular flexibility index (Phi) is 4.36. The molecule has 2 atom stereocenters. The lowest BCUT2D eigenvalue weighted by Crippen LogP contribution is -2.41. The second-order valence-corrected chi connectivity index (χ2v) is 7.11. The molecule has 0 aromatic carbocycles. The molecule has 2 aliphatic rings. The number of likely N-dealkylation sites (tertiary alicyclic amines) is 1. The molecule has 0 unspecified atom stereocenters. The predicted octanol–water partition coefficient (Wildman–Crippen LogP) is 1.45. The van der Waals surface area contributed by atoms with E-state index in [1.165, 1.54) is 0 Å². The predicted molar refractivity (Wildman–Crippen MR) is 92.7 cm³/mol. The number of ether oxygens (including phenoxy) is 1. The maximum atomic E-state index is 12.8. The molecule has 0 aliphatic carbocycles. The number of carbonyl (C=O) groups excluding carboxylic acids is 1. The largest absolute Gasteiger partial charge is 0.479 e. The zero-order valence-corrected chi connectivity index (χ0v) is 14.7. The molecule has 2 fully saturated rings. The number of aryl methyl sites for hydroxylation is 1. The van der Waals surface area contributed by atoms with Crippen LogP contribution in [-0.2, 0) is 16.6 Å². The number of piperidine rings is 1. The van der Waals surface area contributed by atoms with Gasteiger partial charge < -0.3 is 14.7 Å². The van der Waals surface area contributed by atoms with Crippen LogP contribution < -0.4 is 0 Å². The van der Waals surface area contributed by atoms with Crippen LogP contribution >= 0.6 is 0 Å². The third-order valence-electron chi connectivity index (χ3n) is 5.50. The van der Waals surface area contributed by atoms with Crippen molar-refractivity contribution in [2.45, 2.75) is 37.9 Å². The summed E-state index contributed by atoms with van der Waals surface area (Å²) in [6.45, 7) is 1.32. The number of nitrogens with zero attached hydrogens (tertiary/aromatic N) is 4. The van der Waals surface area contributed by atoms with E-state index in [9.17, 15) is 9.59 Å². The number of hydrogen-bond donors (Lipinski definition) is 1. The average Bonchev–Trinajstić information content (AvgIpc) is 3.29. The lowest BCUT2D eigenvalue weighted by atomic mass is 9.89. The maximum Gasteiger partial charge on any atom is 0.332 e. The van der Waals surface area contributed by atoms with Crippen LogP contribution in [-0.4, -0.2) is 61.9 Å². The molecule has 1 amide bonds. The Morgan fingerprint density at radius 2 is 1.96 bits per heavy atom. The van der Waals surface area contributed by atoms with Gasteiger partial charge in [-0.15, -0.1) is 0 Å². The summed E-state index contributed by atoms with van der Waals surface area (Å²) in [5, 5.41) is 14.1. The van der Waals surface area contributed by atoms with Crippen LogP contribution in [0.3, 0.4) is 0 Å². The monoisotopic (exact) mass is 358 g/mol. The first-order chi connectivity index (χ1) is 12.5. The summed E-state index contributed by atoms with van der Waals surface area (Å²) in [5.41, 5.74) is 1.33. The smallest absolute Gasteiger partial charge is 0.332 e. The first-order valence-electron chi connectivity index (χ1n) is 8.98. The molecule has 4 rings (SSSR count). The highest BCUT2D eigenvalue weighted by atomic mass is 16.5. The molecule has 2 aromatic rings. The molecule has 0 bridgehead atoms. The summed E-state index contributed by atoms with van der Waals surface area (Å²) in [7, 11) is 1.82. The van der Waals surface area contributed by atoms with Crippen LogP contribution in [0.2, 0.25) is 0 Å². The fourth-order valence-electron chi connectivity index (χ4n) is 4.01. The molecule has 2 saturated heterocycles. The Hall–Kier alpha value is -2.48. The average molecular weight is 358 g/mol. The minimum absolute atomic E-state index is 0.00163. The summed E-state index contributed by atoms with van der Waals surface area (Å²) in [6, 6.07) is 1.83. The molecular formula is C18H22N4O4. The van der Waals surface area contributed by atoms with Crippen molar-refractivity contribution in [3.05, 3.63) is 24.0 Å². The van der Waals surface area contributed by atoms with Gasteiger partial charge in [0.05, 0.1) is 17.9 Å². The highest BCUT2D eigenvalue weighted by molar-refractivity contribution is 5.96. The van der Waals surface area contributed by atoms with E-state index in [0.717, 1.165) is 30.3 Å². The number of rotatable bonds is 3. The van der Waals surface area contributed by atoms with E-state index in [1.54, 1.807) is 17.1 Å². The van der Waals surface area contributed by atoms with E-state index in [1.807, 2.05) is 18.0 Å². The number of fused-ring (bicyclic) bond motifs is 1. The van der Waals surface area contributed by atoms with Gasteiger partial charge in [-0.3, -0.25) is 9.48 Å². The number of carboxylic acid groups (broad SMARTS) is 1. The van der Waals surface area contributed by atoms with Gasteiger partial charge in [0.15, 0.2) is 11.8 Å². The van der Waals surface area contributed by atoms with Gasteiger partial charge in [-0.2, -0.15) is 5.10 Å². The van der Waals surface area contributed by atoms with Crippen molar-refractivity contribution in [3.8, 4) is 0 Å². The summed E-state index contributed by atoms with van der Waals surface area (Å²) >= 11 is 0. The van der Waals surface area contributed by atoms with Gasteiger partial charge in [-0.25, -0.2) is 9.78 Å². The molecule has 1 N–H and O–H groups in total. The highest BCUT2D eigenvalue weighted by Crippen LogP contribution is 2.32. The Morgan fingerprint density at radius 1 is 1.19 bits per heavy atom. The topological polar surface area (TPSA) is 97.6 Å². The van der Waals surface area contributed by atoms with Crippen molar-refractivity contribution >= 4 is 22.9 Å². The molecule has 26 heavy (non-hydrogen) atoms. The second-order valence-electron chi connectivity index (χ2n) is 7.11. The maximum absolute atomic E-state index is 12.8. The van der Waals surface area contributed by atoms with Gasteiger partial charge in [0.25, 0.3) is 5.91 Å². The number of amides is 1. The number of aliphatic carboxylic acids is 1. The molecular weight excluding hydrogens is 336 g/mol. The van der Waals surface area contributed by atoms with E-state index >= 15 is 0 Å². The van der Waals surface area contributed by atoms with Crippen molar-refractivity contribution in [3.63, 3.8) is 0 Å². The van der Waals surface area contributed by atoms with Gasteiger partial charge >= 0.3 is 5.97 Å². The molecule has 8 heteroatoms. The van der Waals surface area contributed by atoms with Crippen LogP contribution in [0.1, 0.15) is 36.0 Å². The van der Waals surface area contributed by atoms with E-state index in [4.69, 9.17) is 9.84 Å². The minimum atomic E-state index is -0.876. The SMILES string of the molecule is Cn1ncc2cc(C(=O)N3CCC([C@@H]4CC[C@H](C(=O)O)O4)CC3)cnc21. The van der Waals surface area contributed by atoms with Gasteiger partial charge in [0, 0.05) is 31.7 Å². The van der Waals surface area contributed by atoms with Crippen molar-refractivity contribution in [1.29, 1.82) is 0 Å². The number of carboxylic acids is 1. The molecule has 0 saturated carbocycles. The van der Waals surface area contributed by atoms with Crippen LogP contribution in [0.25, 0.3) is 11.0 Å². The molecule has 0 spiro atoms. The lowest BCUT2D eigenvalue weighted by Gasteiger charge is -2.34. The van der Waals surface area contributed by atoms with Crippen molar-refractivity contribution in [1.82, 2.24) is 19.7 Å². The molecule has 2 aliphatic heterocycles. The first kappa shape index (κ1) is 17.0. The van der Waals surface area contributed by atoms with Crippen molar-refractivity contribution in [2.75, 3.05) is 13.1 Å². The number of hydrogen-bond acceptors (Lipinski definition) is 5. The van der Waals surface area contributed by atoms with Crippen LogP contribution in [0.4, 0.5) is 0 Å². The standard InChI is InChI=1S/C18H22N4O4/c1-21-16-12(10-20-21)8-13(9-19-16)17(23)22-6-4-11(5-7-22)14-2-3-15(26-14)18(24)25/h8-11,14-15H,2-7H2,1H3,(H,24,25)/t14-,15+/m0/s1. The fraction of sp³-hybridized carbons (Fsp3) is 0.556. The summed E-state index contributed by atoms with van der Waals surface area (Å²) in [4.78, 5) is 30.0. The van der Waals surface area contributed by atoms with Gasteiger partial charge in [-0.1, -0.05) is 0 Å². The Balaban J connectivity index is 1.38. The molecule has 8 nitrogen and oxygen atoms in total. The van der Waals surface area contributed by atoms with Gasteiger partial charge in [-0.05, 0) is 37.7 Å². The molecule has 2 aromatic heterocycles. The Labute approximate surface area is 150 Å². The van der Waals surface area contributed by atoms with E-state index in [-0.39, 0.29) is 12.0 Å². The summed E-state index contributed by atoms with van der Waals surface area (Å²) < 4.78 is 7.35. The van der Waals surface area contributed by atoms with E-state index < -0.39 is 12.1 Å². The highest BCUT2D eigenvalue weighted by Gasteiger charge is 2.37. The quantitative estimate of drug-likeness (QED) is 0.892. The number of pyridine rings is 1. The minimum Gasteiger partial charge on any atom is -0.479 e. The van der Waals surface area contributed by atoms with Crippen LogP contribution in [0.15, 0.2) is 18.5 Å². The van der Waals surface area contributed by atoms with E-state index in [2.05, 4.69) is 10.1 Å². The third-order valence-corrected chi connectivity index (χ3v) is 5.50. The Bertz CT molecular complexity index is 841. The normalized spacial score (nSPS) is 24.3. The second kappa shape index (κ2) is 6.68. The first-order valence-corrected chi connectivity index (χ1v) is 8.98. The van der Waals surface area contributed by atoms with Gasteiger partial charge in [0.1, 0.15) is 0 Å². The van der Waals surface area contributed by atoms with Gasteiger partial charge in [0.2, 0.25) is 0 Å². The van der Waals surface area contributed by atoms with Crippen LogP contribution in [0, 0.1) is 5.92 Å². The summed E-state index contributed by atoms with van der Waals surface area (Å²) in [6.07, 6.45) is 5.69. The zero-order valence-electron chi connectivity index (χ0n) is 14.7. The number of aromatic nitrogens is 3. The Morgan fingerprint density at radius 3 is 2.65 bits per heavy atom. The zero-order chi connectivity index (χ0) is 18.3. The third kappa shape index (κ3) is 3.05. The van der Waals surface area contributed by atoms with Crippen molar-refractivity contribution in [2.24, 2.45) is 13.0 Å². The lowest BCUT2D eigenvalue weighted by molar-refractivity contribution is -0.150. The molecule has 0 radical (unpaired) electrons. The van der Waals surface area contributed by atoms with Crippen molar-refractivity contribution < 1.29 is 19.4 Å². The van der Waals surface area contributed by atoms with Crippen LogP contribution in [0.5, 0.6) is 0 Å².